The van der Waals surface area contributed by atoms with Crippen molar-refractivity contribution in [2.24, 2.45) is 0 Å². The lowest BCUT2D eigenvalue weighted by Gasteiger charge is -2.02. The first kappa shape index (κ1) is 10.7. The Bertz CT molecular complexity index is 475. The third-order valence-electron chi connectivity index (χ3n) is 2.69. The van der Waals surface area contributed by atoms with E-state index in [4.69, 9.17) is 0 Å². The van der Waals surface area contributed by atoms with E-state index in [1.165, 1.54) is 22.3 Å². The molecule has 0 amide bonds. The van der Waals surface area contributed by atoms with E-state index in [9.17, 15) is 0 Å². The number of rotatable bonds is 2. The number of hydrogen-bond donors (Lipinski definition) is 0. The second kappa shape index (κ2) is 4.80. The molecule has 80 valence electrons. The Morgan fingerprint density at radius 2 is 1.50 bits per heavy atom. The predicted molar refractivity (Wildman–Crippen MR) is 71.2 cm³/mol. The lowest BCUT2D eigenvalue weighted by Crippen LogP contribution is -1.80. The van der Waals surface area contributed by atoms with Crippen molar-refractivity contribution >= 4 is 11.6 Å². The van der Waals surface area contributed by atoms with Crippen molar-refractivity contribution in [2.45, 2.75) is 13.8 Å². The van der Waals surface area contributed by atoms with Gasteiger partial charge in [-0.1, -0.05) is 66.2 Å². The molecule has 2 aromatic carbocycles. The van der Waals surface area contributed by atoms with Crippen molar-refractivity contribution < 1.29 is 0 Å². The second-order valence-corrected chi connectivity index (χ2v) is 4.10. The zero-order valence-electron chi connectivity index (χ0n) is 9.77. The van der Waals surface area contributed by atoms with E-state index in [2.05, 4.69) is 68.5 Å². The molecule has 0 aliphatic heterocycles. The van der Waals surface area contributed by atoms with E-state index < -0.39 is 0 Å². The third-order valence-corrected chi connectivity index (χ3v) is 2.69. The van der Waals surface area contributed by atoms with Gasteiger partial charge in [-0.05, 0) is 30.5 Å². The number of benzene rings is 2. The normalized spacial score (nSPS) is 11.5. The number of allylic oxidation sites excluding steroid dienone is 1. The summed E-state index contributed by atoms with van der Waals surface area (Å²) in [5, 5.41) is 0. The maximum absolute atomic E-state index is 2.21. The Kier molecular flexibility index (Phi) is 3.21. The highest BCUT2D eigenvalue weighted by atomic mass is 14.0. The average molecular weight is 208 g/mol. The van der Waals surface area contributed by atoms with Crippen LogP contribution in [0.5, 0.6) is 0 Å². The third kappa shape index (κ3) is 2.60. The van der Waals surface area contributed by atoms with Gasteiger partial charge >= 0.3 is 0 Å². The van der Waals surface area contributed by atoms with Gasteiger partial charge in [0.2, 0.25) is 0 Å². The van der Waals surface area contributed by atoms with Crippen molar-refractivity contribution in [3.63, 3.8) is 0 Å². The summed E-state index contributed by atoms with van der Waals surface area (Å²) < 4.78 is 0. The molecule has 0 aromatic heterocycles. The summed E-state index contributed by atoms with van der Waals surface area (Å²) in [4.78, 5) is 0. The van der Waals surface area contributed by atoms with Gasteiger partial charge in [-0.15, -0.1) is 0 Å². The van der Waals surface area contributed by atoms with Gasteiger partial charge in [-0.3, -0.25) is 0 Å². The molecule has 0 radical (unpaired) electrons. The minimum atomic E-state index is 1.25. The van der Waals surface area contributed by atoms with Crippen LogP contribution in [0.15, 0.2) is 54.6 Å². The standard InChI is InChI=1S/C16H16/c1-13-8-10-16(11-9-13)14(2)12-15-6-4-3-5-7-15/h3-12H,1-2H3. The molecule has 2 rings (SSSR count). The molecule has 2 aromatic rings. The van der Waals surface area contributed by atoms with Crippen LogP contribution in [-0.2, 0) is 0 Å². The van der Waals surface area contributed by atoms with Crippen LogP contribution in [0.1, 0.15) is 23.6 Å². The first-order valence-corrected chi connectivity index (χ1v) is 5.56. The van der Waals surface area contributed by atoms with Crippen LogP contribution in [0.4, 0.5) is 0 Å². The van der Waals surface area contributed by atoms with Gasteiger partial charge in [0.25, 0.3) is 0 Å². The molecule has 0 heterocycles. The van der Waals surface area contributed by atoms with Crippen LogP contribution in [0.2, 0.25) is 0 Å². The number of aryl methyl sites for hydroxylation is 1. The fourth-order valence-corrected chi connectivity index (χ4v) is 1.70. The maximum atomic E-state index is 2.21. The highest BCUT2D eigenvalue weighted by molar-refractivity contribution is 5.80. The average Bonchev–Trinajstić information content (AvgIpc) is 2.31. The van der Waals surface area contributed by atoms with E-state index in [1.54, 1.807) is 0 Å². The van der Waals surface area contributed by atoms with Crippen molar-refractivity contribution in [1.29, 1.82) is 0 Å². The van der Waals surface area contributed by atoms with E-state index >= 15 is 0 Å². The van der Waals surface area contributed by atoms with Crippen LogP contribution < -0.4 is 0 Å². The largest absolute Gasteiger partial charge is 0.0622 e. The van der Waals surface area contributed by atoms with Gasteiger partial charge in [0, 0.05) is 0 Å². The molecule has 0 fully saturated rings. The van der Waals surface area contributed by atoms with Crippen molar-refractivity contribution in [1.82, 2.24) is 0 Å². The summed E-state index contributed by atoms with van der Waals surface area (Å²) in [5.74, 6) is 0. The Morgan fingerprint density at radius 1 is 0.875 bits per heavy atom. The summed E-state index contributed by atoms with van der Waals surface area (Å²) >= 11 is 0. The fraction of sp³-hybridized carbons (Fsp3) is 0.125. The Balaban J connectivity index is 2.28. The molecule has 0 bridgehead atoms. The first-order valence-electron chi connectivity index (χ1n) is 5.56. The van der Waals surface area contributed by atoms with Crippen LogP contribution in [0.3, 0.4) is 0 Å². The fourth-order valence-electron chi connectivity index (χ4n) is 1.70. The first-order chi connectivity index (χ1) is 7.75. The lowest BCUT2D eigenvalue weighted by atomic mass is 10.0. The zero-order valence-corrected chi connectivity index (χ0v) is 9.77. The Morgan fingerprint density at radius 3 is 2.12 bits per heavy atom. The zero-order chi connectivity index (χ0) is 11.4. The minimum absolute atomic E-state index is 1.25. The monoisotopic (exact) mass is 208 g/mol. The van der Waals surface area contributed by atoms with Gasteiger partial charge in [-0.25, -0.2) is 0 Å². The molecule has 0 N–H and O–H groups in total. The second-order valence-electron chi connectivity index (χ2n) is 4.10. The molecule has 0 saturated carbocycles. The van der Waals surface area contributed by atoms with Crippen molar-refractivity contribution in [3.05, 3.63) is 71.3 Å². The van der Waals surface area contributed by atoms with Crippen LogP contribution in [0.25, 0.3) is 11.6 Å². The van der Waals surface area contributed by atoms with Crippen LogP contribution >= 0.6 is 0 Å². The maximum Gasteiger partial charge on any atom is -0.0227 e. The topological polar surface area (TPSA) is 0 Å². The highest BCUT2D eigenvalue weighted by Crippen LogP contribution is 2.17. The summed E-state index contributed by atoms with van der Waals surface area (Å²) in [5.41, 5.74) is 5.14. The van der Waals surface area contributed by atoms with Gasteiger partial charge in [0.15, 0.2) is 0 Å². The van der Waals surface area contributed by atoms with Crippen LogP contribution in [-0.4, -0.2) is 0 Å². The van der Waals surface area contributed by atoms with Crippen molar-refractivity contribution in [2.75, 3.05) is 0 Å². The van der Waals surface area contributed by atoms with E-state index in [0.29, 0.717) is 0 Å². The molecule has 0 heteroatoms. The quantitative estimate of drug-likeness (QED) is 0.635. The van der Waals surface area contributed by atoms with Gasteiger partial charge < -0.3 is 0 Å². The molecule has 0 atom stereocenters. The molecule has 0 unspecified atom stereocenters. The molecule has 0 aliphatic carbocycles. The Hall–Kier alpha value is -1.82. The summed E-state index contributed by atoms with van der Waals surface area (Å²) in [6.07, 6.45) is 2.21. The van der Waals surface area contributed by atoms with Crippen LogP contribution in [0, 0.1) is 6.92 Å². The molecule has 0 saturated heterocycles. The summed E-state index contributed by atoms with van der Waals surface area (Å²) in [7, 11) is 0. The predicted octanol–water partition coefficient (Wildman–Crippen LogP) is 4.56. The lowest BCUT2D eigenvalue weighted by molar-refractivity contribution is 1.45. The SMILES string of the molecule is CC(=Cc1ccccc1)c1ccc(C)cc1. The van der Waals surface area contributed by atoms with Crippen molar-refractivity contribution in [3.8, 4) is 0 Å². The smallest absolute Gasteiger partial charge is 0.0227 e. The molecule has 0 spiro atoms. The summed E-state index contributed by atoms with van der Waals surface area (Å²) in [6, 6.07) is 19.1. The van der Waals surface area contributed by atoms with Gasteiger partial charge in [0.1, 0.15) is 0 Å². The molecule has 0 aliphatic rings. The number of hydrogen-bond acceptors (Lipinski definition) is 0. The Labute approximate surface area is 97.3 Å². The molecular weight excluding hydrogens is 192 g/mol. The van der Waals surface area contributed by atoms with E-state index in [0.717, 1.165) is 0 Å². The van der Waals surface area contributed by atoms with Gasteiger partial charge in [-0.2, -0.15) is 0 Å². The highest BCUT2D eigenvalue weighted by Gasteiger charge is 1.95. The molecule has 0 nitrogen and oxygen atoms in total. The summed E-state index contributed by atoms with van der Waals surface area (Å²) in [6.45, 7) is 4.26. The molecular formula is C16H16. The minimum Gasteiger partial charge on any atom is -0.0622 e. The molecule has 16 heavy (non-hydrogen) atoms. The van der Waals surface area contributed by atoms with E-state index in [-0.39, 0.29) is 0 Å². The van der Waals surface area contributed by atoms with E-state index in [1.807, 2.05) is 6.07 Å². The van der Waals surface area contributed by atoms with Gasteiger partial charge in [0.05, 0.1) is 0 Å².